The Hall–Kier alpha value is -0.610. The van der Waals surface area contributed by atoms with Gasteiger partial charge in [-0.25, -0.2) is 0 Å². The predicted molar refractivity (Wildman–Crippen MR) is 50.5 cm³/mol. The van der Waals surface area contributed by atoms with Crippen molar-refractivity contribution in [3.8, 4) is 0 Å². The van der Waals surface area contributed by atoms with E-state index in [4.69, 9.17) is 0 Å². The molecular formula is C9H17N3O. The van der Waals surface area contributed by atoms with Crippen LogP contribution in [-0.2, 0) is 4.79 Å². The van der Waals surface area contributed by atoms with Gasteiger partial charge in [0.05, 0.1) is 6.04 Å². The molecule has 2 N–H and O–H groups in total. The van der Waals surface area contributed by atoms with Crippen LogP contribution in [0, 0.1) is 0 Å². The molecule has 4 heteroatoms. The van der Waals surface area contributed by atoms with Gasteiger partial charge in [-0.05, 0) is 19.9 Å². The Morgan fingerprint density at radius 1 is 1.46 bits per heavy atom. The van der Waals surface area contributed by atoms with Crippen LogP contribution in [0.2, 0.25) is 0 Å². The summed E-state index contributed by atoms with van der Waals surface area (Å²) in [7, 11) is 0. The molecular weight excluding hydrogens is 166 g/mol. The highest BCUT2D eigenvalue weighted by atomic mass is 16.2. The van der Waals surface area contributed by atoms with Crippen molar-refractivity contribution in [1.29, 1.82) is 0 Å². The highest BCUT2D eigenvalue weighted by molar-refractivity contribution is 5.82. The summed E-state index contributed by atoms with van der Waals surface area (Å²) in [5.41, 5.74) is 0. The number of nitrogens with zero attached hydrogens (tertiary/aromatic N) is 1. The molecule has 74 valence electrons. The van der Waals surface area contributed by atoms with Gasteiger partial charge >= 0.3 is 0 Å². The number of carbonyl (C=O) groups excluding carboxylic acids is 1. The minimum absolute atomic E-state index is 0.00866. The standard InChI is InChI=1S/C9H17N3O/c1-7-9(13)12(5-4-11-7)8-2-3-10-6-8/h7-8,10-11H,2-6H2,1H3. The SMILES string of the molecule is CC1NCCN(C2CCNC2)C1=O. The monoisotopic (exact) mass is 183 g/mol. The Labute approximate surface area is 78.7 Å². The van der Waals surface area contributed by atoms with Gasteiger partial charge in [0.2, 0.25) is 5.91 Å². The topological polar surface area (TPSA) is 44.4 Å². The molecule has 0 aromatic carbocycles. The predicted octanol–water partition coefficient (Wildman–Crippen LogP) is -0.831. The Morgan fingerprint density at radius 3 is 3.00 bits per heavy atom. The van der Waals surface area contributed by atoms with E-state index in [0.29, 0.717) is 6.04 Å². The van der Waals surface area contributed by atoms with Crippen molar-refractivity contribution in [2.75, 3.05) is 26.2 Å². The number of piperazine rings is 1. The van der Waals surface area contributed by atoms with E-state index in [1.807, 2.05) is 11.8 Å². The average molecular weight is 183 g/mol. The molecule has 1 amide bonds. The fourth-order valence-corrected chi connectivity index (χ4v) is 2.12. The van der Waals surface area contributed by atoms with Gasteiger partial charge in [0.25, 0.3) is 0 Å². The zero-order chi connectivity index (χ0) is 9.26. The van der Waals surface area contributed by atoms with Crippen LogP contribution >= 0.6 is 0 Å². The lowest BCUT2D eigenvalue weighted by molar-refractivity contribution is -0.137. The number of carbonyl (C=O) groups is 1. The summed E-state index contributed by atoms with van der Waals surface area (Å²) >= 11 is 0. The third-order valence-electron chi connectivity index (χ3n) is 2.93. The van der Waals surface area contributed by atoms with Gasteiger partial charge in [-0.15, -0.1) is 0 Å². The van der Waals surface area contributed by atoms with E-state index in [1.165, 1.54) is 0 Å². The van der Waals surface area contributed by atoms with Crippen LogP contribution in [-0.4, -0.2) is 49.1 Å². The van der Waals surface area contributed by atoms with Gasteiger partial charge in [-0.1, -0.05) is 0 Å². The molecule has 2 aliphatic rings. The van der Waals surface area contributed by atoms with Crippen LogP contribution < -0.4 is 10.6 Å². The second-order valence-corrected chi connectivity index (χ2v) is 3.85. The van der Waals surface area contributed by atoms with E-state index in [1.54, 1.807) is 0 Å². The van der Waals surface area contributed by atoms with Gasteiger partial charge in [0.1, 0.15) is 0 Å². The van der Waals surface area contributed by atoms with Crippen molar-refractivity contribution in [3.63, 3.8) is 0 Å². The minimum Gasteiger partial charge on any atom is -0.336 e. The molecule has 2 aliphatic heterocycles. The molecule has 2 unspecified atom stereocenters. The number of rotatable bonds is 1. The zero-order valence-corrected chi connectivity index (χ0v) is 8.05. The van der Waals surface area contributed by atoms with E-state index in [-0.39, 0.29) is 11.9 Å². The van der Waals surface area contributed by atoms with Gasteiger partial charge in [-0.3, -0.25) is 4.79 Å². The number of amides is 1. The first-order chi connectivity index (χ1) is 6.29. The van der Waals surface area contributed by atoms with E-state index in [9.17, 15) is 4.79 Å². The van der Waals surface area contributed by atoms with Gasteiger partial charge in [0.15, 0.2) is 0 Å². The summed E-state index contributed by atoms with van der Waals surface area (Å²) in [6.07, 6.45) is 1.11. The first-order valence-electron chi connectivity index (χ1n) is 5.03. The molecule has 2 rings (SSSR count). The number of hydrogen-bond acceptors (Lipinski definition) is 3. The molecule has 0 aromatic heterocycles. The molecule has 0 saturated carbocycles. The first kappa shape index (κ1) is 8.97. The molecule has 0 aromatic rings. The Bertz CT molecular complexity index is 201. The highest BCUT2D eigenvalue weighted by Crippen LogP contribution is 2.11. The normalized spacial score (nSPS) is 35.5. The fourth-order valence-electron chi connectivity index (χ4n) is 2.12. The van der Waals surface area contributed by atoms with Gasteiger partial charge < -0.3 is 15.5 Å². The quantitative estimate of drug-likeness (QED) is 0.557. The van der Waals surface area contributed by atoms with E-state index in [0.717, 1.165) is 32.6 Å². The van der Waals surface area contributed by atoms with Crippen molar-refractivity contribution >= 4 is 5.91 Å². The smallest absolute Gasteiger partial charge is 0.239 e. The fraction of sp³-hybridized carbons (Fsp3) is 0.889. The van der Waals surface area contributed by atoms with Crippen LogP contribution in [0.3, 0.4) is 0 Å². The molecule has 2 fully saturated rings. The highest BCUT2D eigenvalue weighted by Gasteiger charge is 2.31. The summed E-state index contributed by atoms with van der Waals surface area (Å²) in [5.74, 6) is 0.264. The Kier molecular flexibility index (Phi) is 2.51. The van der Waals surface area contributed by atoms with Crippen LogP contribution in [0.25, 0.3) is 0 Å². The Morgan fingerprint density at radius 2 is 2.31 bits per heavy atom. The largest absolute Gasteiger partial charge is 0.336 e. The maximum absolute atomic E-state index is 11.7. The molecule has 0 radical (unpaired) electrons. The van der Waals surface area contributed by atoms with Crippen LogP contribution in [0.1, 0.15) is 13.3 Å². The lowest BCUT2D eigenvalue weighted by Crippen LogP contribution is -2.57. The van der Waals surface area contributed by atoms with Crippen molar-refractivity contribution < 1.29 is 4.79 Å². The lowest BCUT2D eigenvalue weighted by atomic mass is 10.1. The zero-order valence-electron chi connectivity index (χ0n) is 8.05. The third kappa shape index (κ3) is 1.69. The Balaban J connectivity index is 2.00. The van der Waals surface area contributed by atoms with Crippen molar-refractivity contribution in [3.05, 3.63) is 0 Å². The molecule has 4 nitrogen and oxygen atoms in total. The van der Waals surface area contributed by atoms with E-state index in [2.05, 4.69) is 10.6 Å². The summed E-state index contributed by atoms with van der Waals surface area (Å²) in [6.45, 7) is 5.77. The average Bonchev–Trinajstić information content (AvgIpc) is 2.62. The van der Waals surface area contributed by atoms with Crippen LogP contribution in [0.4, 0.5) is 0 Å². The summed E-state index contributed by atoms with van der Waals surface area (Å²) in [6, 6.07) is 0.450. The summed E-state index contributed by atoms with van der Waals surface area (Å²) < 4.78 is 0. The second-order valence-electron chi connectivity index (χ2n) is 3.85. The van der Waals surface area contributed by atoms with E-state index < -0.39 is 0 Å². The van der Waals surface area contributed by atoms with Crippen molar-refractivity contribution in [2.45, 2.75) is 25.4 Å². The van der Waals surface area contributed by atoms with E-state index >= 15 is 0 Å². The molecule has 0 spiro atoms. The number of nitrogens with one attached hydrogen (secondary N) is 2. The number of hydrogen-bond donors (Lipinski definition) is 2. The molecule has 0 aliphatic carbocycles. The van der Waals surface area contributed by atoms with Crippen molar-refractivity contribution in [2.24, 2.45) is 0 Å². The summed E-state index contributed by atoms with van der Waals surface area (Å²) in [4.78, 5) is 13.8. The van der Waals surface area contributed by atoms with Crippen LogP contribution in [0.15, 0.2) is 0 Å². The second kappa shape index (κ2) is 3.64. The maximum atomic E-state index is 11.7. The molecule has 2 atom stereocenters. The lowest BCUT2D eigenvalue weighted by Gasteiger charge is -2.35. The van der Waals surface area contributed by atoms with Crippen LogP contribution in [0.5, 0.6) is 0 Å². The third-order valence-corrected chi connectivity index (χ3v) is 2.93. The molecule has 2 saturated heterocycles. The van der Waals surface area contributed by atoms with Crippen molar-refractivity contribution in [1.82, 2.24) is 15.5 Å². The molecule has 13 heavy (non-hydrogen) atoms. The molecule has 0 bridgehead atoms. The van der Waals surface area contributed by atoms with Gasteiger partial charge in [0, 0.05) is 25.7 Å². The minimum atomic E-state index is 0.00866. The first-order valence-corrected chi connectivity index (χ1v) is 5.03. The summed E-state index contributed by atoms with van der Waals surface area (Å²) in [5, 5.41) is 6.46. The maximum Gasteiger partial charge on any atom is 0.239 e. The van der Waals surface area contributed by atoms with Gasteiger partial charge in [-0.2, -0.15) is 0 Å². The molecule has 2 heterocycles.